The third-order valence-electron chi connectivity index (χ3n) is 3.72. The molecule has 106 valence electrons. The smallest absolute Gasteiger partial charge is 0.242 e. The maximum Gasteiger partial charge on any atom is 0.242 e. The highest BCUT2D eigenvalue weighted by atomic mass is 32.2. The van der Waals surface area contributed by atoms with E-state index in [0.29, 0.717) is 6.42 Å². The quantitative estimate of drug-likeness (QED) is 0.859. The lowest BCUT2D eigenvalue weighted by Crippen LogP contribution is -2.37. The van der Waals surface area contributed by atoms with E-state index in [0.717, 1.165) is 35.0 Å². The van der Waals surface area contributed by atoms with Crippen LogP contribution in [0.3, 0.4) is 0 Å². The fourth-order valence-electron chi connectivity index (χ4n) is 2.53. The first-order valence-electron chi connectivity index (χ1n) is 6.66. The Morgan fingerprint density at radius 3 is 3.05 bits per heavy atom. The van der Waals surface area contributed by atoms with Gasteiger partial charge in [-0.05, 0) is 30.2 Å². The average molecular weight is 291 g/mol. The molecule has 0 aromatic heterocycles. The number of nitrogens with zero attached hydrogens (tertiary/aromatic N) is 1. The molecular weight excluding hydrogens is 274 g/mol. The molecular formula is C14H17N3O2S. The van der Waals surface area contributed by atoms with E-state index in [1.807, 2.05) is 18.2 Å². The van der Waals surface area contributed by atoms with Crippen LogP contribution in [0.5, 0.6) is 0 Å². The molecule has 0 radical (unpaired) electrons. The molecule has 1 fully saturated rings. The zero-order valence-corrected chi connectivity index (χ0v) is 12.1. The number of rotatable bonds is 2. The molecule has 1 aromatic rings. The number of nitrogens with one attached hydrogen (secondary N) is 2. The van der Waals surface area contributed by atoms with Crippen molar-refractivity contribution in [2.75, 3.05) is 28.9 Å². The number of amides is 2. The topological polar surface area (TPSA) is 61.4 Å². The minimum atomic E-state index is -0.111. The van der Waals surface area contributed by atoms with Gasteiger partial charge in [-0.25, -0.2) is 0 Å². The number of fused-ring (bicyclic) bond motifs is 1. The van der Waals surface area contributed by atoms with Crippen molar-refractivity contribution in [2.45, 2.75) is 18.9 Å². The summed E-state index contributed by atoms with van der Waals surface area (Å²) in [5.41, 5.74) is 2.85. The number of carbonyl (C=O) groups is 2. The Morgan fingerprint density at radius 1 is 1.45 bits per heavy atom. The van der Waals surface area contributed by atoms with Crippen LogP contribution in [0.4, 0.5) is 11.4 Å². The molecule has 5 nitrogen and oxygen atoms in total. The van der Waals surface area contributed by atoms with E-state index in [9.17, 15) is 9.59 Å². The highest BCUT2D eigenvalue weighted by molar-refractivity contribution is 7.99. The Kier molecular flexibility index (Phi) is 3.67. The summed E-state index contributed by atoms with van der Waals surface area (Å²) < 4.78 is 0. The van der Waals surface area contributed by atoms with Crippen molar-refractivity contribution < 1.29 is 9.59 Å². The first-order valence-corrected chi connectivity index (χ1v) is 7.82. The molecule has 1 saturated heterocycles. The Balaban J connectivity index is 1.75. The van der Waals surface area contributed by atoms with Gasteiger partial charge in [0.15, 0.2) is 0 Å². The first kappa shape index (κ1) is 13.5. The van der Waals surface area contributed by atoms with Gasteiger partial charge in [0.2, 0.25) is 11.8 Å². The largest absolute Gasteiger partial charge is 0.325 e. The molecule has 2 heterocycles. The monoisotopic (exact) mass is 291 g/mol. The molecule has 2 aliphatic rings. The zero-order valence-electron chi connectivity index (χ0n) is 11.3. The van der Waals surface area contributed by atoms with Crippen LogP contribution in [0, 0.1) is 0 Å². The maximum atomic E-state index is 12.0. The fraction of sp³-hybridized carbons (Fsp3) is 0.429. The van der Waals surface area contributed by atoms with E-state index < -0.39 is 0 Å². The summed E-state index contributed by atoms with van der Waals surface area (Å²) in [5, 5.41) is 6.09. The van der Waals surface area contributed by atoms with Gasteiger partial charge >= 0.3 is 0 Å². The highest BCUT2D eigenvalue weighted by Crippen LogP contribution is 2.29. The van der Waals surface area contributed by atoms with Gasteiger partial charge in [-0.2, -0.15) is 0 Å². The molecule has 1 aromatic carbocycles. The molecule has 1 atom stereocenters. The second-order valence-corrected chi connectivity index (χ2v) is 6.09. The molecule has 3 rings (SSSR count). The van der Waals surface area contributed by atoms with Gasteiger partial charge in [0, 0.05) is 36.5 Å². The summed E-state index contributed by atoms with van der Waals surface area (Å²) in [6.07, 6.45) is 1.27. The molecule has 0 aliphatic carbocycles. The lowest BCUT2D eigenvalue weighted by molar-refractivity contribution is -0.119. The molecule has 0 bridgehead atoms. The van der Waals surface area contributed by atoms with Gasteiger partial charge in [0.05, 0.1) is 6.04 Å². The standard InChI is InChI=1S/C14H17N3O2S/c1-17-12-4-3-10(6-9(12)2-5-13(17)18)16-14(19)11-7-20-8-15-11/h3-4,6,11,15H,2,5,7-8H2,1H3,(H,16,19). The van der Waals surface area contributed by atoms with Crippen molar-refractivity contribution in [1.29, 1.82) is 0 Å². The summed E-state index contributed by atoms with van der Waals surface area (Å²) >= 11 is 1.73. The van der Waals surface area contributed by atoms with E-state index >= 15 is 0 Å². The molecule has 2 amide bonds. The van der Waals surface area contributed by atoms with Crippen LogP contribution in [0.15, 0.2) is 18.2 Å². The van der Waals surface area contributed by atoms with Crippen molar-refractivity contribution in [1.82, 2.24) is 5.32 Å². The van der Waals surface area contributed by atoms with Crippen molar-refractivity contribution in [3.8, 4) is 0 Å². The van der Waals surface area contributed by atoms with Crippen molar-refractivity contribution in [3.05, 3.63) is 23.8 Å². The van der Waals surface area contributed by atoms with Crippen LogP contribution >= 0.6 is 11.8 Å². The summed E-state index contributed by atoms with van der Waals surface area (Å²) in [6.45, 7) is 0. The lowest BCUT2D eigenvalue weighted by Gasteiger charge is -2.26. The van der Waals surface area contributed by atoms with E-state index in [4.69, 9.17) is 0 Å². The second-order valence-electron chi connectivity index (χ2n) is 5.06. The van der Waals surface area contributed by atoms with Gasteiger partial charge in [0.1, 0.15) is 0 Å². The zero-order chi connectivity index (χ0) is 14.1. The van der Waals surface area contributed by atoms with Gasteiger partial charge in [-0.3, -0.25) is 14.9 Å². The Morgan fingerprint density at radius 2 is 2.30 bits per heavy atom. The predicted molar refractivity (Wildman–Crippen MR) is 81.1 cm³/mol. The summed E-state index contributed by atoms with van der Waals surface area (Å²) in [4.78, 5) is 25.4. The van der Waals surface area contributed by atoms with E-state index in [-0.39, 0.29) is 17.9 Å². The number of carbonyl (C=O) groups excluding carboxylic acids is 2. The maximum absolute atomic E-state index is 12.0. The van der Waals surface area contributed by atoms with Crippen molar-refractivity contribution in [3.63, 3.8) is 0 Å². The van der Waals surface area contributed by atoms with Crippen molar-refractivity contribution >= 4 is 35.0 Å². The number of thioether (sulfide) groups is 1. The number of hydrogen-bond acceptors (Lipinski definition) is 4. The summed E-state index contributed by atoms with van der Waals surface area (Å²) in [7, 11) is 1.79. The fourth-order valence-corrected chi connectivity index (χ4v) is 3.47. The molecule has 2 aliphatic heterocycles. The van der Waals surface area contributed by atoms with Gasteiger partial charge in [-0.15, -0.1) is 11.8 Å². The lowest BCUT2D eigenvalue weighted by atomic mass is 10.0. The molecule has 1 unspecified atom stereocenters. The number of hydrogen-bond donors (Lipinski definition) is 2. The second kappa shape index (κ2) is 5.46. The van der Waals surface area contributed by atoms with Crippen LogP contribution in [-0.2, 0) is 16.0 Å². The minimum Gasteiger partial charge on any atom is -0.325 e. The van der Waals surface area contributed by atoms with Crippen LogP contribution in [0.1, 0.15) is 12.0 Å². The van der Waals surface area contributed by atoms with E-state index in [2.05, 4.69) is 10.6 Å². The number of benzene rings is 1. The van der Waals surface area contributed by atoms with E-state index in [1.165, 1.54) is 0 Å². The first-order chi connectivity index (χ1) is 9.65. The van der Waals surface area contributed by atoms with Gasteiger partial charge < -0.3 is 10.2 Å². The van der Waals surface area contributed by atoms with Crippen LogP contribution < -0.4 is 15.5 Å². The molecule has 0 saturated carbocycles. The number of aryl methyl sites for hydroxylation is 1. The Bertz CT molecular complexity index is 555. The summed E-state index contributed by atoms with van der Waals surface area (Å²) in [6, 6.07) is 5.62. The Hall–Kier alpha value is -1.53. The van der Waals surface area contributed by atoms with Crippen LogP contribution in [0.2, 0.25) is 0 Å². The van der Waals surface area contributed by atoms with Crippen LogP contribution in [0.25, 0.3) is 0 Å². The predicted octanol–water partition coefficient (Wildman–Crippen LogP) is 1.20. The summed E-state index contributed by atoms with van der Waals surface area (Å²) in [5.74, 6) is 1.79. The van der Waals surface area contributed by atoms with Gasteiger partial charge in [0.25, 0.3) is 0 Å². The van der Waals surface area contributed by atoms with Crippen LogP contribution in [-0.4, -0.2) is 36.5 Å². The molecule has 6 heteroatoms. The minimum absolute atomic E-state index is 0.00944. The van der Waals surface area contributed by atoms with Crippen molar-refractivity contribution in [2.24, 2.45) is 0 Å². The normalized spacial score (nSPS) is 21.8. The molecule has 0 spiro atoms. The number of anilines is 2. The third-order valence-corrected chi connectivity index (χ3v) is 4.66. The third kappa shape index (κ3) is 2.53. The van der Waals surface area contributed by atoms with E-state index in [1.54, 1.807) is 23.7 Å². The Labute approximate surface area is 122 Å². The van der Waals surface area contributed by atoms with Gasteiger partial charge in [-0.1, -0.05) is 0 Å². The molecule has 2 N–H and O–H groups in total. The SMILES string of the molecule is CN1C(=O)CCc2cc(NC(=O)C3CSCN3)ccc21. The average Bonchev–Trinajstić information content (AvgIpc) is 2.97. The molecule has 20 heavy (non-hydrogen) atoms. The highest BCUT2D eigenvalue weighted by Gasteiger charge is 2.24.